The minimum Gasteiger partial charge on any atom is -0.323 e. The van der Waals surface area contributed by atoms with Crippen molar-refractivity contribution in [2.75, 3.05) is 10.2 Å². The molecule has 2 aromatic rings. The van der Waals surface area contributed by atoms with Crippen LogP contribution in [0.1, 0.15) is 12.5 Å². The Hall–Kier alpha value is -1.98. The van der Waals surface area contributed by atoms with Gasteiger partial charge in [-0.25, -0.2) is 0 Å². The fourth-order valence-corrected chi connectivity index (χ4v) is 4.76. The fourth-order valence-electron chi connectivity index (χ4n) is 3.15. The molecule has 2 aliphatic rings. The van der Waals surface area contributed by atoms with E-state index in [4.69, 9.17) is 11.6 Å². The van der Waals surface area contributed by atoms with Crippen molar-refractivity contribution in [1.29, 1.82) is 0 Å². The summed E-state index contributed by atoms with van der Waals surface area (Å²) in [5.41, 5.74) is 2.25. The van der Waals surface area contributed by atoms with Gasteiger partial charge in [0.1, 0.15) is 0 Å². The Balaban J connectivity index is 1.94. The summed E-state index contributed by atoms with van der Waals surface area (Å²) in [5.74, 6) is -0.263. The van der Waals surface area contributed by atoms with Crippen LogP contribution in [-0.4, -0.2) is 17.1 Å². The lowest BCUT2D eigenvalue weighted by Gasteiger charge is -2.32. The Labute approximate surface area is 142 Å². The van der Waals surface area contributed by atoms with Gasteiger partial charge in [0.2, 0.25) is 10.8 Å². The highest BCUT2D eigenvalue weighted by molar-refractivity contribution is 8.03. The first-order chi connectivity index (χ1) is 11.0. The van der Waals surface area contributed by atoms with E-state index in [0.717, 1.165) is 11.3 Å². The van der Waals surface area contributed by atoms with Gasteiger partial charge >= 0.3 is 0 Å². The van der Waals surface area contributed by atoms with Crippen molar-refractivity contribution in [1.82, 2.24) is 0 Å². The first-order valence-electron chi connectivity index (χ1n) is 7.22. The molecule has 1 fully saturated rings. The molecule has 1 N–H and O–H groups in total. The number of carbonyl (C=O) groups is 2. The second kappa shape index (κ2) is 5.01. The molecule has 6 heteroatoms. The molecule has 2 amide bonds. The number of rotatable bonds is 1. The molecule has 0 radical (unpaired) electrons. The van der Waals surface area contributed by atoms with Gasteiger partial charge in [0, 0.05) is 22.0 Å². The number of thioether (sulfide) groups is 1. The van der Waals surface area contributed by atoms with Crippen LogP contribution in [0.3, 0.4) is 0 Å². The number of hydrogen-bond acceptors (Lipinski definition) is 3. The van der Waals surface area contributed by atoms with Gasteiger partial charge in [-0.05, 0) is 37.3 Å². The van der Waals surface area contributed by atoms with Crippen molar-refractivity contribution >= 4 is 46.6 Å². The van der Waals surface area contributed by atoms with Crippen LogP contribution in [0.4, 0.5) is 11.4 Å². The zero-order valence-electron chi connectivity index (χ0n) is 12.2. The van der Waals surface area contributed by atoms with Crippen LogP contribution in [0, 0.1) is 0 Å². The smallest absolute Gasteiger partial charge is 0.266 e. The maximum Gasteiger partial charge on any atom is 0.266 e. The molecule has 0 aliphatic carbocycles. The molecule has 4 nitrogen and oxygen atoms in total. The maximum absolute atomic E-state index is 12.8. The van der Waals surface area contributed by atoms with E-state index in [0.29, 0.717) is 10.7 Å². The number of carbonyl (C=O) groups excluding carboxylic acids is 2. The van der Waals surface area contributed by atoms with Crippen molar-refractivity contribution in [3.8, 4) is 0 Å². The normalized spacial score (nSPS) is 25.8. The van der Waals surface area contributed by atoms with E-state index in [-0.39, 0.29) is 17.1 Å². The quantitative estimate of drug-likeness (QED) is 0.859. The van der Waals surface area contributed by atoms with Gasteiger partial charge in [-0.15, -0.1) is 11.8 Å². The summed E-state index contributed by atoms with van der Waals surface area (Å²) in [5, 5.41) is 3.19. The standard InChI is InChI=1S/C17H13ClN2O2S/c1-10-15(21)20(12-8-6-11(18)7-9-12)17(23-10)13-4-2-3-5-14(13)19-16(17)22/h2-10H,1H3,(H,19,22)/t10-,17-/m1/s1. The monoisotopic (exact) mass is 344 g/mol. The van der Waals surface area contributed by atoms with Crippen LogP contribution < -0.4 is 10.2 Å². The Kier molecular flexibility index (Phi) is 3.18. The molecule has 4 rings (SSSR count). The Morgan fingerprint density at radius 1 is 1.13 bits per heavy atom. The lowest BCUT2D eigenvalue weighted by molar-refractivity contribution is -0.122. The van der Waals surface area contributed by atoms with Gasteiger partial charge in [0.05, 0.1) is 5.25 Å². The summed E-state index contributed by atoms with van der Waals surface area (Å²) in [6, 6.07) is 14.5. The number of hydrogen-bond donors (Lipinski definition) is 1. The van der Waals surface area contributed by atoms with E-state index in [1.165, 1.54) is 11.8 Å². The van der Waals surface area contributed by atoms with Crippen molar-refractivity contribution in [3.63, 3.8) is 0 Å². The third-order valence-electron chi connectivity index (χ3n) is 4.16. The third kappa shape index (κ3) is 1.93. The number of amides is 2. The number of para-hydroxylation sites is 1. The number of nitrogens with zero attached hydrogens (tertiary/aromatic N) is 1. The number of anilines is 2. The van der Waals surface area contributed by atoms with Crippen molar-refractivity contribution in [3.05, 3.63) is 59.1 Å². The predicted octanol–water partition coefficient (Wildman–Crippen LogP) is 3.61. The summed E-state index contributed by atoms with van der Waals surface area (Å²) in [4.78, 5) is 26.2. The largest absolute Gasteiger partial charge is 0.323 e. The van der Waals surface area contributed by atoms with E-state index in [2.05, 4.69) is 5.32 Å². The highest BCUT2D eigenvalue weighted by atomic mass is 35.5. The lowest BCUT2D eigenvalue weighted by atomic mass is 10.0. The van der Waals surface area contributed by atoms with Gasteiger partial charge in [-0.1, -0.05) is 29.8 Å². The van der Waals surface area contributed by atoms with Crippen LogP contribution in [0.5, 0.6) is 0 Å². The molecule has 23 heavy (non-hydrogen) atoms. The highest BCUT2D eigenvalue weighted by Crippen LogP contribution is 2.55. The minimum atomic E-state index is -1.05. The Bertz CT molecular complexity index is 824. The Morgan fingerprint density at radius 2 is 1.83 bits per heavy atom. The molecular weight excluding hydrogens is 332 g/mol. The molecule has 1 spiro atoms. The summed E-state index contributed by atoms with van der Waals surface area (Å²) < 4.78 is 0. The lowest BCUT2D eigenvalue weighted by Crippen LogP contribution is -2.47. The van der Waals surface area contributed by atoms with Gasteiger partial charge in [-0.2, -0.15) is 0 Å². The Morgan fingerprint density at radius 3 is 2.57 bits per heavy atom. The fraction of sp³-hybridized carbons (Fsp3) is 0.176. The molecule has 2 heterocycles. The number of halogens is 1. The zero-order valence-corrected chi connectivity index (χ0v) is 13.8. The van der Waals surface area contributed by atoms with Gasteiger partial charge in [0.15, 0.2) is 0 Å². The molecule has 2 atom stereocenters. The van der Waals surface area contributed by atoms with E-state index in [1.807, 2.05) is 31.2 Å². The van der Waals surface area contributed by atoms with E-state index in [1.54, 1.807) is 29.2 Å². The van der Waals surface area contributed by atoms with E-state index >= 15 is 0 Å². The molecule has 1 saturated heterocycles. The SMILES string of the molecule is C[C@H]1S[C@]2(C(=O)Nc3ccccc32)N(c2ccc(Cl)cc2)C1=O. The highest BCUT2D eigenvalue weighted by Gasteiger charge is 2.60. The third-order valence-corrected chi connectivity index (χ3v) is 5.90. The predicted molar refractivity (Wildman–Crippen MR) is 92.7 cm³/mol. The number of benzene rings is 2. The van der Waals surface area contributed by atoms with Crippen LogP contribution in [0.15, 0.2) is 48.5 Å². The molecule has 0 bridgehead atoms. The molecule has 0 aromatic heterocycles. The molecule has 2 aliphatic heterocycles. The molecule has 116 valence electrons. The molecule has 0 saturated carbocycles. The second-order valence-electron chi connectivity index (χ2n) is 5.55. The van der Waals surface area contributed by atoms with Crippen molar-refractivity contribution in [2.24, 2.45) is 0 Å². The van der Waals surface area contributed by atoms with Crippen LogP contribution in [0.2, 0.25) is 5.02 Å². The second-order valence-corrected chi connectivity index (χ2v) is 7.52. The van der Waals surface area contributed by atoms with Crippen LogP contribution >= 0.6 is 23.4 Å². The van der Waals surface area contributed by atoms with Crippen LogP contribution in [0.25, 0.3) is 0 Å². The zero-order chi connectivity index (χ0) is 16.2. The molecule has 0 unspecified atom stereocenters. The summed E-state index contributed by atoms with van der Waals surface area (Å²) >= 11 is 7.33. The minimum absolute atomic E-state index is 0.0795. The van der Waals surface area contributed by atoms with E-state index in [9.17, 15) is 9.59 Å². The average Bonchev–Trinajstić information content (AvgIpc) is 2.97. The van der Waals surface area contributed by atoms with Gasteiger partial charge < -0.3 is 5.32 Å². The van der Waals surface area contributed by atoms with Crippen molar-refractivity contribution < 1.29 is 9.59 Å². The summed E-state index contributed by atoms with van der Waals surface area (Å²) in [7, 11) is 0. The van der Waals surface area contributed by atoms with Gasteiger partial charge in [-0.3, -0.25) is 14.5 Å². The maximum atomic E-state index is 12.8. The molecule has 2 aromatic carbocycles. The first-order valence-corrected chi connectivity index (χ1v) is 8.48. The number of fused-ring (bicyclic) bond motifs is 2. The summed E-state index contributed by atoms with van der Waals surface area (Å²) in [6.45, 7) is 1.83. The van der Waals surface area contributed by atoms with E-state index < -0.39 is 4.87 Å². The van der Waals surface area contributed by atoms with Gasteiger partial charge in [0.25, 0.3) is 5.91 Å². The van der Waals surface area contributed by atoms with Crippen LogP contribution in [-0.2, 0) is 14.5 Å². The first kappa shape index (κ1) is 14.6. The van der Waals surface area contributed by atoms with Crippen molar-refractivity contribution in [2.45, 2.75) is 17.0 Å². The average molecular weight is 345 g/mol. The molecular formula is C17H13ClN2O2S. The summed E-state index contributed by atoms with van der Waals surface area (Å²) in [6.07, 6.45) is 0. The number of nitrogens with one attached hydrogen (secondary N) is 1. The topological polar surface area (TPSA) is 49.4 Å².